The Morgan fingerprint density at radius 1 is 1.05 bits per heavy atom. The van der Waals surface area contributed by atoms with Crippen molar-refractivity contribution in [1.82, 2.24) is 0 Å². The molecule has 0 saturated carbocycles. The summed E-state index contributed by atoms with van der Waals surface area (Å²) >= 11 is 0. The molecular weight excluding hydrogens is 274 g/mol. The van der Waals surface area contributed by atoms with Crippen molar-refractivity contribution in [1.29, 1.82) is 0 Å². The molecule has 2 aromatic carbocycles. The van der Waals surface area contributed by atoms with Gasteiger partial charge in [-0.1, -0.05) is 24.3 Å². The number of hydrogen-bond donors (Lipinski definition) is 1. The smallest absolute Gasteiger partial charge is 0.255 e. The second kappa shape index (κ2) is 5.46. The molecular formula is C15H15NO3S. The van der Waals surface area contributed by atoms with Gasteiger partial charge < -0.3 is 5.32 Å². The molecule has 104 valence electrons. The molecule has 2 aromatic rings. The zero-order valence-corrected chi connectivity index (χ0v) is 12.1. The lowest BCUT2D eigenvalue weighted by atomic mass is 10.1. The molecule has 1 N–H and O–H groups in total. The number of benzene rings is 2. The first-order valence-corrected chi connectivity index (χ1v) is 7.94. The fourth-order valence-electron chi connectivity index (χ4n) is 1.75. The zero-order valence-electron chi connectivity index (χ0n) is 11.3. The highest BCUT2D eigenvalue weighted by Crippen LogP contribution is 2.20. The molecule has 4 nitrogen and oxygen atoms in total. The van der Waals surface area contributed by atoms with Crippen LogP contribution < -0.4 is 5.32 Å². The number of nitrogens with one attached hydrogen (secondary N) is 1. The Morgan fingerprint density at radius 3 is 2.30 bits per heavy atom. The average molecular weight is 289 g/mol. The first-order chi connectivity index (χ1) is 9.38. The van der Waals surface area contributed by atoms with Crippen LogP contribution in [0.5, 0.6) is 0 Å². The van der Waals surface area contributed by atoms with Crippen LogP contribution in [0.2, 0.25) is 0 Å². The summed E-state index contributed by atoms with van der Waals surface area (Å²) in [5, 5.41) is 2.74. The third-order valence-corrected chi connectivity index (χ3v) is 4.03. The Kier molecular flexibility index (Phi) is 3.90. The van der Waals surface area contributed by atoms with E-state index in [4.69, 9.17) is 0 Å². The van der Waals surface area contributed by atoms with Crippen molar-refractivity contribution in [3.8, 4) is 0 Å². The van der Waals surface area contributed by atoms with E-state index in [-0.39, 0.29) is 10.8 Å². The van der Waals surface area contributed by atoms with Gasteiger partial charge >= 0.3 is 0 Å². The van der Waals surface area contributed by atoms with E-state index >= 15 is 0 Å². The molecule has 0 atom stereocenters. The molecule has 0 radical (unpaired) electrons. The van der Waals surface area contributed by atoms with Crippen LogP contribution in [0.15, 0.2) is 53.4 Å². The van der Waals surface area contributed by atoms with Gasteiger partial charge in [0, 0.05) is 17.5 Å². The molecule has 5 heteroatoms. The minimum absolute atomic E-state index is 0.187. The lowest BCUT2D eigenvalue weighted by Gasteiger charge is -2.10. The summed E-state index contributed by atoms with van der Waals surface area (Å²) in [4.78, 5) is 12.3. The Bertz CT molecular complexity index is 737. The summed E-state index contributed by atoms with van der Waals surface area (Å²) in [7, 11) is -3.29. The molecule has 0 fully saturated rings. The van der Waals surface area contributed by atoms with E-state index in [1.807, 2.05) is 13.0 Å². The van der Waals surface area contributed by atoms with E-state index < -0.39 is 9.84 Å². The van der Waals surface area contributed by atoms with Crippen LogP contribution in [-0.4, -0.2) is 20.6 Å². The Morgan fingerprint density at radius 2 is 1.70 bits per heavy atom. The van der Waals surface area contributed by atoms with Crippen molar-refractivity contribution >= 4 is 21.4 Å². The van der Waals surface area contributed by atoms with E-state index in [1.165, 1.54) is 12.1 Å². The van der Waals surface area contributed by atoms with Gasteiger partial charge in [0.25, 0.3) is 5.91 Å². The van der Waals surface area contributed by atoms with E-state index in [9.17, 15) is 13.2 Å². The van der Waals surface area contributed by atoms with E-state index in [0.717, 1.165) is 11.8 Å². The number of carbonyl (C=O) groups excluding carboxylic acids is 1. The van der Waals surface area contributed by atoms with E-state index in [0.29, 0.717) is 11.3 Å². The molecule has 0 aliphatic heterocycles. The molecule has 0 unspecified atom stereocenters. The highest BCUT2D eigenvalue weighted by atomic mass is 32.2. The lowest BCUT2D eigenvalue weighted by Crippen LogP contribution is -2.13. The van der Waals surface area contributed by atoms with Gasteiger partial charge in [-0.25, -0.2) is 8.42 Å². The van der Waals surface area contributed by atoms with Gasteiger partial charge in [-0.3, -0.25) is 4.79 Å². The summed E-state index contributed by atoms with van der Waals surface area (Å²) in [5.41, 5.74) is 1.83. The fraction of sp³-hybridized carbons (Fsp3) is 0.133. The fourth-order valence-corrected chi connectivity index (χ4v) is 2.40. The van der Waals surface area contributed by atoms with Gasteiger partial charge in [0.2, 0.25) is 0 Å². The monoisotopic (exact) mass is 289 g/mol. The van der Waals surface area contributed by atoms with Crippen LogP contribution in [0.1, 0.15) is 15.9 Å². The summed E-state index contributed by atoms with van der Waals surface area (Å²) in [5.74, 6) is -0.264. The number of anilines is 1. The predicted molar refractivity (Wildman–Crippen MR) is 78.7 cm³/mol. The normalized spacial score (nSPS) is 11.1. The van der Waals surface area contributed by atoms with Crippen LogP contribution in [0, 0.1) is 6.92 Å². The van der Waals surface area contributed by atoms with Crippen LogP contribution in [0.4, 0.5) is 5.69 Å². The molecule has 0 aliphatic rings. The molecule has 0 heterocycles. The Labute approximate surface area is 118 Å². The molecule has 0 spiro atoms. The average Bonchev–Trinajstić information content (AvgIpc) is 2.41. The molecule has 1 amide bonds. The second-order valence-corrected chi connectivity index (χ2v) is 6.58. The minimum Gasteiger partial charge on any atom is -0.322 e. The lowest BCUT2D eigenvalue weighted by molar-refractivity contribution is 0.102. The van der Waals surface area contributed by atoms with Gasteiger partial charge in [-0.05, 0) is 36.8 Å². The molecule has 2 rings (SSSR count). The third-order valence-electron chi connectivity index (χ3n) is 2.92. The number of hydrogen-bond acceptors (Lipinski definition) is 3. The maximum absolute atomic E-state index is 12.1. The van der Waals surface area contributed by atoms with Crippen LogP contribution in [0.3, 0.4) is 0 Å². The SMILES string of the molecule is Cc1ccc(S(C)(=O)=O)cc1NC(=O)c1ccccc1. The van der Waals surface area contributed by atoms with Crippen LogP contribution in [0.25, 0.3) is 0 Å². The van der Waals surface area contributed by atoms with Crippen molar-refractivity contribution in [3.63, 3.8) is 0 Å². The third kappa shape index (κ3) is 3.24. The molecule has 0 bridgehead atoms. The maximum Gasteiger partial charge on any atom is 0.255 e. The number of rotatable bonds is 3. The van der Waals surface area contributed by atoms with Gasteiger partial charge in [-0.15, -0.1) is 0 Å². The number of amides is 1. The number of carbonyl (C=O) groups is 1. The Balaban J connectivity index is 2.32. The van der Waals surface area contributed by atoms with Crippen LogP contribution in [-0.2, 0) is 9.84 Å². The van der Waals surface area contributed by atoms with Crippen molar-refractivity contribution < 1.29 is 13.2 Å². The number of sulfone groups is 1. The first-order valence-electron chi connectivity index (χ1n) is 6.05. The molecule has 0 saturated heterocycles. The first kappa shape index (κ1) is 14.3. The molecule has 20 heavy (non-hydrogen) atoms. The highest BCUT2D eigenvalue weighted by molar-refractivity contribution is 7.90. The number of aryl methyl sites for hydroxylation is 1. The standard InChI is InChI=1S/C15H15NO3S/c1-11-8-9-13(20(2,18)19)10-14(11)16-15(17)12-6-4-3-5-7-12/h3-10H,1-2H3,(H,16,17). The quantitative estimate of drug-likeness (QED) is 0.944. The molecule has 0 aromatic heterocycles. The van der Waals surface area contributed by atoms with Crippen molar-refractivity contribution in [2.75, 3.05) is 11.6 Å². The highest BCUT2D eigenvalue weighted by Gasteiger charge is 2.12. The summed E-state index contributed by atoms with van der Waals surface area (Å²) in [6, 6.07) is 13.5. The van der Waals surface area contributed by atoms with E-state index in [1.54, 1.807) is 30.3 Å². The largest absolute Gasteiger partial charge is 0.322 e. The predicted octanol–water partition coefficient (Wildman–Crippen LogP) is 2.65. The Hall–Kier alpha value is -2.14. The summed E-state index contributed by atoms with van der Waals surface area (Å²) in [6.07, 6.45) is 1.14. The van der Waals surface area contributed by atoms with Gasteiger partial charge in [0.1, 0.15) is 0 Å². The van der Waals surface area contributed by atoms with Crippen molar-refractivity contribution in [2.45, 2.75) is 11.8 Å². The van der Waals surface area contributed by atoms with Gasteiger partial charge in [0.15, 0.2) is 9.84 Å². The van der Waals surface area contributed by atoms with Crippen molar-refractivity contribution in [3.05, 3.63) is 59.7 Å². The summed E-state index contributed by atoms with van der Waals surface area (Å²) in [6.45, 7) is 1.81. The van der Waals surface area contributed by atoms with Gasteiger partial charge in [0.05, 0.1) is 4.90 Å². The zero-order chi connectivity index (χ0) is 14.8. The van der Waals surface area contributed by atoms with Crippen LogP contribution >= 0.6 is 0 Å². The minimum atomic E-state index is -3.29. The van der Waals surface area contributed by atoms with Gasteiger partial charge in [-0.2, -0.15) is 0 Å². The molecule has 0 aliphatic carbocycles. The topological polar surface area (TPSA) is 63.2 Å². The summed E-state index contributed by atoms with van der Waals surface area (Å²) < 4.78 is 23.1. The van der Waals surface area contributed by atoms with E-state index in [2.05, 4.69) is 5.32 Å². The van der Waals surface area contributed by atoms with Crippen molar-refractivity contribution in [2.24, 2.45) is 0 Å². The maximum atomic E-state index is 12.1. The second-order valence-electron chi connectivity index (χ2n) is 4.57.